The van der Waals surface area contributed by atoms with Crippen molar-refractivity contribution in [3.05, 3.63) is 78.1 Å². The number of hydrogen-bond donors (Lipinski definition) is 2. The SMILES string of the molecule is C=CCNS(=O)(=O)c1cccc(C(=O)OCC(=O)NCCc2ccccc2F)c1. The quantitative estimate of drug-likeness (QED) is 0.451. The predicted molar refractivity (Wildman–Crippen MR) is 105 cm³/mol. The molecule has 0 aliphatic rings. The van der Waals surface area contributed by atoms with Crippen LogP contribution in [-0.2, 0) is 26.0 Å². The molecule has 9 heteroatoms. The Bertz CT molecular complexity index is 992. The molecule has 29 heavy (non-hydrogen) atoms. The minimum absolute atomic E-state index is 0.00867. The van der Waals surface area contributed by atoms with Crippen molar-refractivity contribution < 1.29 is 27.1 Å². The van der Waals surface area contributed by atoms with Crippen LogP contribution in [-0.4, -0.2) is 40.0 Å². The number of nitrogens with one attached hydrogen (secondary N) is 2. The molecule has 0 aromatic heterocycles. The molecular formula is C20H21FN2O5S. The van der Waals surface area contributed by atoms with Crippen molar-refractivity contribution in [3.8, 4) is 0 Å². The zero-order valence-electron chi connectivity index (χ0n) is 15.6. The maximum Gasteiger partial charge on any atom is 0.338 e. The summed E-state index contributed by atoms with van der Waals surface area (Å²) in [5.74, 6) is -1.74. The molecule has 0 unspecified atom stereocenters. The van der Waals surface area contributed by atoms with E-state index in [1.807, 2.05) is 0 Å². The van der Waals surface area contributed by atoms with Gasteiger partial charge in [-0.3, -0.25) is 4.79 Å². The van der Waals surface area contributed by atoms with E-state index >= 15 is 0 Å². The van der Waals surface area contributed by atoms with Crippen molar-refractivity contribution in [3.63, 3.8) is 0 Å². The minimum atomic E-state index is -3.79. The van der Waals surface area contributed by atoms with Crippen LogP contribution >= 0.6 is 0 Å². The summed E-state index contributed by atoms with van der Waals surface area (Å²) in [6.07, 6.45) is 1.68. The van der Waals surface area contributed by atoms with Crippen molar-refractivity contribution in [2.75, 3.05) is 19.7 Å². The van der Waals surface area contributed by atoms with Gasteiger partial charge in [-0.2, -0.15) is 0 Å². The van der Waals surface area contributed by atoms with Gasteiger partial charge in [-0.25, -0.2) is 22.3 Å². The van der Waals surface area contributed by atoms with Crippen LogP contribution in [0.4, 0.5) is 4.39 Å². The molecule has 0 aliphatic carbocycles. The average Bonchev–Trinajstić information content (AvgIpc) is 2.72. The summed E-state index contributed by atoms with van der Waals surface area (Å²) < 4.78 is 44.9. The molecule has 0 heterocycles. The molecule has 0 spiro atoms. The van der Waals surface area contributed by atoms with Crippen molar-refractivity contribution in [2.24, 2.45) is 0 Å². The maximum atomic E-state index is 13.5. The summed E-state index contributed by atoms with van der Waals surface area (Å²) in [4.78, 5) is 23.8. The molecule has 1 amide bonds. The van der Waals surface area contributed by atoms with Crippen LogP contribution in [0.3, 0.4) is 0 Å². The number of carbonyl (C=O) groups excluding carboxylic acids is 2. The Morgan fingerprint density at radius 3 is 2.62 bits per heavy atom. The third-order valence-corrected chi connectivity index (χ3v) is 5.23. The minimum Gasteiger partial charge on any atom is -0.452 e. The summed E-state index contributed by atoms with van der Waals surface area (Å²) >= 11 is 0. The van der Waals surface area contributed by atoms with Crippen molar-refractivity contribution in [2.45, 2.75) is 11.3 Å². The molecule has 0 atom stereocenters. The second-order valence-corrected chi connectivity index (χ2v) is 7.70. The van der Waals surface area contributed by atoms with Crippen LogP contribution in [0, 0.1) is 5.82 Å². The van der Waals surface area contributed by atoms with Gasteiger partial charge in [0.15, 0.2) is 6.61 Å². The fourth-order valence-corrected chi connectivity index (χ4v) is 3.39. The summed E-state index contributed by atoms with van der Waals surface area (Å²) in [5, 5.41) is 2.53. The largest absolute Gasteiger partial charge is 0.452 e. The standard InChI is InChI=1S/C20H21FN2O5S/c1-2-11-23-29(26,27)17-8-5-7-16(13-17)20(25)28-14-19(24)22-12-10-15-6-3-4-9-18(15)21/h2-9,13,23H,1,10-12,14H2,(H,22,24). The molecule has 0 aliphatic heterocycles. The summed E-state index contributed by atoms with van der Waals surface area (Å²) in [6.45, 7) is 3.12. The van der Waals surface area contributed by atoms with Gasteiger partial charge < -0.3 is 10.1 Å². The Morgan fingerprint density at radius 2 is 1.90 bits per heavy atom. The molecule has 154 valence electrons. The van der Waals surface area contributed by atoms with Crippen LogP contribution in [0.2, 0.25) is 0 Å². The second-order valence-electron chi connectivity index (χ2n) is 5.94. The molecule has 0 bridgehead atoms. The first-order valence-corrected chi connectivity index (χ1v) is 10.2. The topological polar surface area (TPSA) is 102 Å². The molecule has 0 fully saturated rings. The maximum absolute atomic E-state index is 13.5. The number of rotatable bonds is 10. The zero-order valence-corrected chi connectivity index (χ0v) is 16.4. The lowest BCUT2D eigenvalue weighted by atomic mass is 10.1. The lowest BCUT2D eigenvalue weighted by molar-refractivity contribution is -0.124. The van der Waals surface area contributed by atoms with E-state index < -0.39 is 28.5 Å². The van der Waals surface area contributed by atoms with Gasteiger partial charge in [-0.15, -0.1) is 6.58 Å². The third-order valence-electron chi connectivity index (χ3n) is 3.81. The average molecular weight is 420 g/mol. The van der Waals surface area contributed by atoms with Gasteiger partial charge in [0, 0.05) is 13.1 Å². The van der Waals surface area contributed by atoms with Gasteiger partial charge >= 0.3 is 5.97 Å². The first-order chi connectivity index (χ1) is 13.8. The third kappa shape index (κ3) is 6.81. The van der Waals surface area contributed by atoms with E-state index in [1.165, 1.54) is 30.3 Å². The molecule has 0 radical (unpaired) electrons. The van der Waals surface area contributed by atoms with Crippen molar-refractivity contribution in [1.82, 2.24) is 10.0 Å². The molecule has 7 nitrogen and oxygen atoms in total. The predicted octanol–water partition coefficient (Wildman–Crippen LogP) is 1.81. The number of sulfonamides is 1. The van der Waals surface area contributed by atoms with Gasteiger partial charge in [0.2, 0.25) is 10.0 Å². The van der Waals surface area contributed by atoms with E-state index in [9.17, 15) is 22.4 Å². The molecule has 2 rings (SSSR count). The number of hydrogen-bond acceptors (Lipinski definition) is 5. The van der Waals surface area contributed by atoms with E-state index in [2.05, 4.69) is 16.6 Å². The number of amides is 1. The molecule has 0 saturated carbocycles. The summed E-state index contributed by atoms with van der Waals surface area (Å²) in [7, 11) is -3.79. The second kappa shape index (κ2) is 10.5. The van der Waals surface area contributed by atoms with Crippen molar-refractivity contribution >= 4 is 21.9 Å². The van der Waals surface area contributed by atoms with Gasteiger partial charge in [-0.05, 0) is 36.2 Å². The summed E-state index contributed by atoms with van der Waals surface area (Å²) in [5.41, 5.74) is 0.457. The highest BCUT2D eigenvalue weighted by molar-refractivity contribution is 7.89. The first kappa shape index (κ1) is 22.3. The van der Waals surface area contributed by atoms with Crippen LogP contribution < -0.4 is 10.0 Å². The van der Waals surface area contributed by atoms with Crippen LogP contribution in [0.15, 0.2) is 66.1 Å². The highest BCUT2D eigenvalue weighted by Crippen LogP contribution is 2.12. The molecular weight excluding hydrogens is 399 g/mol. The Labute approximate surface area is 168 Å². The Balaban J connectivity index is 1.85. The Hall–Kier alpha value is -3.04. The fraction of sp³-hybridized carbons (Fsp3) is 0.200. The zero-order chi connectivity index (χ0) is 21.3. The smallest absolute Gasteiger partial charge is 0.338 e. The van der Waals surface area contributed by atoms with E-state index in [0.717, 1.165) is 6.07 Å². The molecule has 2 aromatic carbocycles. The number of benzene rings is 2. The Kier molecular flexibility index (Phi) is 8.05. The normalized spacial score (nSPS) is 10.9. The highest BCUT2D eigenvalue weighted by atomic mass is 32.2. The lowest BCUT2D eigenvalue weighted by Crippen LogP contribution is -2.30. The van der Waals surface area contributed by atoms with E-state index in [4.69, 9.17) is 4.74 Å². The van der Waals surface area contributed by atoms with Gasteiger partial charge in [0.1, 0.15) is 5.82 Å². The summed E-state index contributed by atoms with van der Waals surface area (Å²) in [6, 6.07) is 11.5. The van der Waals surface area contributed by atoms with Gasteiger partial charge in [-0.1, -0.05) is 30.3 Å². The lowest BCUT2D eigenvalue weighted by Gasteiger charge is -2.09. The number of ether oxygens (including phenoxy) is 1. The monoisotopic (exact) mass is 420 g/mol. The van der Waals surface area contributed by atoms with E-state index in [-0.39, 0.29) is 29.4 Å². The molecule has 2 N–H and O–H groups in total. The van der Waals surface area contributed by atoms with Crippen LogP contribution in [0.25, 0.3) is 0 Å². The molecule has 0 saturated heterocycles. The van der Waals surface area contributed by atoms with Crippen LogP contribution in [0.1, 0.15) is 15.9 Å². The fourth-order valence-electron chi connectivity index (χ4n) is 2.35. The first-order valence-electron chi connectivity index (χ1n) is 8.71. The number of halogens is 1. The highest BCUT2D eigenvalue weighted by Gasteiger charge is 2.16. The van der Waals surface area contributed by atoms with Crippen LogP contribution in [0.5, 0.6) is 0 Å². The van der Waals surface area contributed by atoms with Crippen molar-refractivity contribution in [1.29, 1.82) is 0 Å². The Morgan fingerprint density at radius 1 is 1.14 bits per heavy atom. The number of carbonyl (C=O) groups is 2. The molecule has 2 aromatic rings. The number of esters is 1. The van der Waals surface area contributed by atoms with Gasteiger partial charge in [0.25, 0.3) is 5.91 Å². The van der Waals surface area contributed by atoms with Gasteiger partial charge in [0.05, 0.1) is 10.5 Å². The van der Waals surface area contributed by atoms with E-state index in [0.29, 0.717) is 12.0 Å². The van der Waals surface area contributed by atoms with E-state index in [1.54, 1.807) is 18.2 Å².